The lowest BCUT2D eigenvalue weighted by atomic mass is 9.83. The first kappa shape index (κ1) is 12.6. The summed E-state index contributed by atoms with van der Waals surface area (Å²) in [6.45, 7) is 4.06. The normalized spacial score (nSPS) is 41.6. The molecule has 18 heavy (non-hydrogen) atoms. The van der Waals surface area contributed by atoms with E-state index in [0.29, 0.717) is 18.8 Å². The van der Waals surface area contributed by atoms with Crippen molar-refractivity contribution < 1.29 is 14.3 Å². The third-order valence-corrected chi connectivity index (χ3v) is 4.72. The van der Waals surface area contributed by atoms with Gasteiger partial charge in [-0.05, 0) is 32.1 Å². The Morgan fingerprint density at radius 2 is 2.22 bits per heavy atom. The van der Waals surface area contributed by atoms with E-state index in [2.05, 4.69) is 4.90 Å². The van der Waals surface area contributed by atoms with Gasteiger partial charge in [0, 0.05) is 25.7 Å². The number of aldehydes is 1. The SMILES string of the molecule is O=CC1(CN2CCOC3CCCC32)CCCOC1. The summed E-state index contributed by atoms with van der Waals surface area (Å²) in [5, 5.41) is 0. The molecule has 3 atom stereocenters. The molecule has 0 radical (unpaired) electrons. The maximum absolute atomic E-state index is 11.5. The average Bonchev–Trinajstić information content (AvgIpc) is 2.89. The standard InChI is InChI=1S/C14H23NO3/c16-10-14(5-2-7-17-11-14)9-15-6-8-18-13-4-1-3-12(13)15/h10,12-13H,1-9,11H2. The molecule has 0 aromatic rings. The van der Waals surface area contributed by atoms with Gasteiger partial charge in [0.1, 0.15) is 6.29 Å². The van der Waals surface area contributed by atoms with Gasteiger partial charge in [-0.15, -0.1) is 0 Å². The highest BCUT2D eigenvalue weighted by molar-refractivity contribution is 5.60. The highest BCUT2D eigenvalue weighted by Gasteiger charge is 2.41. The Bertz CT molecular complexity index is 301. The average molecular weight is 253 g/mol. The molecule has 3 aliphatic rings. The fraction of sp³-hybridized carbons (Fsp3) is 0.929. The lowest BCUT2D eigenvalue weighted by Crippen LogP contribution is -2.54. The van der Waals surface area contributed by atoms with Crippen molar-refractivity contribution in [3.63, 3.8) is 0 Å². The van der Waals surface area contributed by atoms with Gasteiger partial charge in [-0.25, -0.2) is 0 Å². The minimum absolute atomic E-state index is 0.261. The van der Waals surface area contributed by atoms with Crippen molar-refractivity contribution in [1.29, 1.82) is 0 Å². The van der Waals surface area contributed by atoms with Crippen molar-refractivity contribution in [2.45, 2.75) is 44.2 Å². The summed E-state index contributed by atoms with van der Waals surface area (Å²) in [7, 11) is 0. The van der Waals surface area contributed by atoms with Crippen LogP contribution in [0.4, 0.5) is 0 Å². The van der Waals surface area contributed by atoms with Crippen LogP contribution in [-0.2, 0) is 14.3 Å². The molecule has 1 saturated carbocycles. The van der Waals surface area contributed by atoms with Gasteiger partial charge in [-0.2, -0.15) is 0 Å². The van der Waals surface area contributed by atoms with Gasteiger partial charge in [0.2, 0.25) is 0 Å². The van der Waals surface area contributed by atoms with Crippen molar-refractivity contribution in [2.75, 3.05) is 32.9 Å². The first-order valence-corrected chi connectivity index (χ1v) is 7.23. The van der Waals surface area contributed by atoms with Crippen LogP contribution in [0.25, 0.3) is 0 Å². The Balaban J connectivity index is 1.68. The molecule has 3 rings (SSSR count). The van der Waals surface area contributed by atoms with Crippen LogP contribution in [0.3, 0.4) is 0 Å². The summed E-state index contributed by atoms with van der Waals surface area (Å²) in [4.78, 5) is 14.0. The Labute approximate surface area is 109 Å². The fourth-order valence-electron chi connectivity index (χ4n) is 3.74. The van der Waals surface area contributed by atoms with Gasteiger partial charge >= 0.3 is 0 Å². The Morgan fingerprint density at radius 1 is 1.28 bits per heavy atom. The molecule has 0 N–H and O–H groups in total. The topological polar surface area (TPSA) is 38.8 Å². The predicted octanol–water partition coefficient (Wildman–Crippen LogP) is 1.24. The molecule has 0 aromatic carbocycles. The monoisotopic (exact) mass is 253 g/mol. The van der Waals surface area contributed by atoms with Gasteiger partial charge in [-0.3, -0.25) is 4.90 Å². The van der Waals surface area contributed by atoms with Crippen LogP contribution in [0.1, 0.15) is 32.1 Å². The molecule has 1 aliphatic carbocycles. The maximum Gasteiger partial charge on any atom is 0.129 e. The maximum atomic E-state index is 11.5. The van der Waals surface area contributed by atoms with Crippen molar-refractivity contribution in [3.8, 4) is 0 Å². The summed E-state index contributed by atoms with van der Waals surface area (Å²) in [6, 6.07) is 0.539. The lowest BCUT2D eigenvalue weighted by Gasteiger charge is -2.43. The Kier molecular flexibility index (Phi) is 3.68. The van der Waals surface area contributed by atoms with E-state index in [4.69, 9.17) is 9.47 Å². The van der Waals surface area contributed by atoms with Gasteiger partial charge < -0.3 is 14.3 Å². The summed E-state index contributed by atoms with van der Waals surface area (Å²) in [5.41, 5.74) is -0.261. The summed E-state index contributed by atoms with van der Waals surface area (Å²) in [5.74, 6) is 0. The molecule has 4 nitrogen and oxygen atoms in total. The molecule has 0 aromatic heterocycles. The van der Waals surface area contributed by atoms with E-state index in [1.165, 1.54) is 19.3 Å². The molecule has 0 amide bonds. The lowest BCUT2D eigenvalue weighted by molar-refractivity contribution is -0.131. The second-order valence-electron chi connectivity index (χ2n) is 6.01. The third-order valence-electron chi connectivity index (χ3n) is 4.72. The van der Waals surface area contributed by atoms with Crippen LogP contribution in [0.15, 0.2) is 0 Å². The van der Waals surface area contributed by atoms with Gasteiger partial charge in [0.15, 0.2) is 0 Å². The van der Waals surface area contributed by atoms with E-state index in [-0.39, 0.29) is 5.41 Å². The van der Waals surface area contributed by atoms with Crippen LogP contribution < -0.4 is 0 Å². The molecule has 0 spiro atoms. The zero-order valence-corrected chi connectivity index (χ0v) is 11.0. The number of fused-ring (bicyclic) bond motifs is 1. The number of hydrogen-bond acceptors (Lipinski definition) is 4. The van der Waals surface area contributed by atoms with Crippen molar-refractivity contribution in [1.82, 2.24) is 4.90 Å². The molecular weight excluding hydrogens is 230 g/mol. The molecule has 3 unspecified atom stereocenters. The minimum Gasteiger partial charge on any atom is -0.380 e. The first-order valence-electron chi connectivity index (χ1n) is 7.23. The van der Waals surface area contributed by atoms with E-state index in [0.717, 1.165) is 45.4 Å². The Morgan fingerprint density at radius 3 is 3.00 bits per heavy atom. The van der Waals surface area contributed by atoms with Crippen molar-refractivity contribution in [2.24, 2.45) is 5.41 Å². The second kappa shape index (κ2) is 5.27. The zero-order chi connectivity index (χ0) is 12.4. The van der Waals surface area contributed by atoms with Gasteiger partial charge in [0.25, 0.3) is 0 Å². The molecule has 3 fully saturated rings. The highest BCUT2D eigenvalue weighted by atomic mass is 16.5. The summed E-state index contributed by atoms with van der Waals surface area (Å²) < 4.78 is 11.4. The van der Waals surface area contributed by atoms with Crippen molar-refractivity contribution in [3.05, 3.63) is 0 Å². The number of rotatable bonds is 3. The number of carbonyl (C=O) groups is 1. The van der Waals surface area contributed by atoms with E-state index in [1.807, 2.05) is 0 Å². The number of morpholine rings is 1. The van der Waals surface area contributed by atoms with E-state index in [1.54, 1.807) is 0 Å². The highest BCUT2D eigenvalue weighted by Crippen LogP contribution is 2.34. The molecule has 2 heterocycles. The zero-order valence-electron chi connectivity index (χ0n) is 11.0. The van der Waals surface area contributed by atoms with Crippen molar-refractivity contribution >= 4 is 6.29 Å². The van der Waals surface area contributed by atoms with Crippen LogP contribution >= 0.6 is 0 Å². The van der Waals surface area contributed by atoms with E-state index < -0.39 is 0 Å². The fourth-order valence-corrected chi connectivity index (χ4v) is 3.74. The second-order valence-corrected chi connectivity index (χ2v) is 6.01. The predicted molar refractivity (Wildman–Crippen MR) is 67.5 cm³/mol. The third kappa shape index (κ3) is 2.33. The molecule has 4 heteroatoms. The van der Waals surface area contributed by atoms with E-state index in [9.17, 15) is 4.79 Å². The number of hydrogen-bond donors (Lipinski definition) is 0. The quantitative estimate of drug-likeness (QED) is 0.709. The Hall–Kier alpha value is -0.450. The molecule has 102 valence electrons. The summed E-state index contributed by atoms with van der Waals surface area (Å²) >= 11 is 0. The first-order chi connectivity index (χ1) is 8.83. The van der Waals surface area contributed by atoms with Crippen LogP contribution in [0.5, 0.6) is 0 Å². The van der Waals surface area contributed by atoms with Gasteiger partial charge in [-0.1, -0.05) is 0 Å². The number of nitrogens with zero attached hydrogens (tertiary/aromatic N) is 1. The van der Waals surface area contributed by atoms with Crippen LogP contribution in [0, 0.1) is 5.41 Å². The van der Waals surface area contributed by atoms with Crippen LogP contribution in [-0.4, -0.2) is 56.2 Å². The molecule has 2 saturated heterocycles. The molecular formula is C14H23NO3. The van der Waals surface area contributed by atoms with E-state index >= 15 is 0 Å². The molecule has 0 bridgehead atoms. The largest absolute Gasteiger partial charge is 0.380 e. The smallest absolute Gasteiger partial charge is 0.129 e. The summed E-state index contributed by atoms with van der Waals surface area (Å²) in [6.07, 6.45) is 7.21. The molecule has 2 aliphatic heterocycles. The number of ether oxygens (including phenoxy) is 2. The van der Waals surface area contributed by atoms with Crippen LogP contribution in [0.2, 0.25) is 0 Å². The van der Waals surface area contributed by atoms with Gasteiger partial charge in [0.05, 0.1) is 24.7 Å². The minimum atomic E-state index is -0.261. The number of carbonyl (C=O) groups excluding carboxylic acids is 1.